The molecule has 5 atom stereocenters. The highest BCUT2D eigenvalue weighted by Crippen LogP contribution is 2.38. The molecule has 2 saturated heterocycles. The van der Waals surface area contributed by atoms with Crippen LogP contribution in [0.1, 0.15) is 35.9 Å². The number of imide groups is 1. The van der Waals surface area contributed by atoms with Gasteiger partial charge in [0, 0.05) is 44.3 Å². The highest BCUT2D eigenvalue weighted by atomic mass is 32.2. The van der Waals surface area contributed by atoms with Gasteiger partial charge in [-0.25, -0.2) is 28.1 Å². The number of nitrogens with zero attached hydrogens (tertiary/aromatic N) is 7. The molecule has 0 radical (unpaired) electrons. The van der Waals surface area contributed by atoms with Crippen LogP contribution in [-0.2, 0) is 14.8 Å². The van der Waals surface area contributed by atoms with Crippen LogP contribution in [0, 0.1) is 0 Å². The van der Waals surface area contributed by atoms with Gasteiger partial charge in [0.1, 0.15) is 30.3 Å². The summed E-state index contributed by atoms with van der Waals surface area (Å²) in [6, 6.07) is 15.8. The molecule has 0 spiro atoms. The number of phenolic OH excluding ortho intramolecular Hbond substituents is 2. The molecule has 8 rings (SSSR count). The largest absolute Gasteiger partial charge is 0.508 e. The van der Waals surface area contributed by atoms with Crippen LogP contribution >= 0.6 is 0 Å². The number of likely N-dealkylation sites (N-methyl/N-ethyl adjacent to an activating group) is 1. The fourth-order valence-corrected chi connectivity index (χ4v) is 8.66. The number of phenols is 2. The lowest BCUT2D eigenvalue weighted by atomic mass is 9.91. The highest BCUT2D eigenvalue weighted by Gasteiger charge is 2.51. The number of imidazole rings is 1. The van der Waals surface area contributed by atoms with Crippen LogP contribution in [0.3, 0.4) is 0 Å². The lowest BCUT2D eigenvalue weighted by molar-refractivity contribution is -0.128. The van der Waals surface area contributed by atoms with E-state index in [-0.39, 0.29) is 66.0 Å². The van der Waals surface area contributed by atoms with Crippen LogP contribution < -0.4 is 26.0 Å². The molecule has 3 aliphatic rings. The zero-order valence-electron chi connectivity index (χ0n) is 32.2. The molecule has 314 valence electrons. The van der Waals surface area contributed by atoms with Gasteiger partial charge in [-0.3, -0.25) is 9.69 Å². The summed E-state index contributed by atoms with van der Waals surface area (Å²) in [5.74, 6) is 0.0135. The van der Waals surface area contributed by atoms with Gasteiger partial charge in [0.15, 0.2) is 17.0 Å². The zero-order valence-corrected chi connectivity index (χ0v) is 33.0. The third-order valence-electron chi connectivity index (χ3n) is 11.2. The van der Waals surface area contributed by atoms with Gasteiger partial charge in [-0.2, -0.15) is 9.97 Å². The molecular formula is C39H43N11O9S. The minimum Gasteiger partial charge on any atom is -0.508 e. The minimum atomic E-state index is -3.98. The fourth-order valence-electron chi connectivity index (χ4n) is 8.10. The maximum Gasteiger partial charge on any atom is 0.327 e. The molecule has 3 aromatic carbocycles. The van der Waals surface area contributed by atoms with Crippen LogP contribution in [-0.4, -0.2) is 134 Å². The number of carbonyl (C=O) groups is 3. The third-order valence-corrected chi connectivity index (χ3v) is 12.1. The number of carbonyl (C=O) groups excluding carboxylic acids is 3. The van der Waals surface area contributed by atoms with Crippen LogP contribution in [0.4, 0.5) is 27.0 Å². The van der Waals surface area contributed by atoms with Crippen molar-refractivity contribution in [1.82, 2.24) is 34.6 Å². The molecule has 2 aliphatic heterocycles. The standard InChI is InChI=1S/C39H43N11O9S/c1-47-19-31(53)50(39(47)57)30-16-29(33(54)34(30)55)49-20-42-32-35(41-17-28(21-5-9-25(51)10-6-21)22-7-11-26(52)12-8-22)45-37(46-36(32)49)48-14-13-24(18-48)44-38(56)43-23-3-2-4-27(15-23)60(40,58)59/h2-12,15,20,24,28-30,33-34,51-52,54-55H,13-14,16-19H2,1H3,(H2,40,58,59)(H,41,45,46)(H2,43,44,56)/t24-,29-,30+,33+,34-/m1/s1. The number of sulfonamides is 1. The van der Waals surface area contributed by atoms with Crippen molar-refractivity contribution in [2.24, 2.45) is 5.14 Å². The summed E-state index contributed by atoms with van der Waals surface area (Å²) in [6.07, 6.45) is -0.847. The van der Waals surface area contributed by atoms with Crippen molar-refractivity contribution in [3.05, 3.63) is 90.3 Å². The number of hydrogen-bond acceptors (Lipinski definition) is 14. The van der Waals surface area contributed by atoms with Gasteiger partial charge < -0.3 is 50.7 Å². The predicted molar refractivity (Wildman–Crippen MR) is 217 cm³/mol. The molecule has 9 N–H and O–H groups in total. The van der Waals surface area contributed by atoms with E-state index in [2.05, 4.69) is 20.9 Å². The van der Waals surface area contributed by atoms with E-state index in [0.717, 1.165) is 16.0 Å². The van der Waals surface area contributed by atoms with Gasteiger partial charge in [0.25, 0.3) is 5.91 Å². The molecule has 0 unspecified atom stereocenters. The Morgan fingerprint density at radius 3 is 2.25 bits per heavy atom. The van der Waals surface area contributed by atoms with E-state index in [1.54, 1.807) is 53.1 Å². The number of aromatic nitrogens is 4. The summed E-state index contributed by atoms with van der Waals surface area (Å²) in [4.78, 5) is 57.1. The van der Waals surface area contributed by atoms with Gasteiger partial charge in [-0.1, -0.05) is 30.3 Å². The van der Waals surface area contributed by atoms with Crippen molar-refractivity contribution < 1.29 is 43.2 Å². The van der Waals surface area contributed by atoms with Crippen LogP contribution in [0.25, 0.3) is 11.2 Å². The number of primary sulfonamides is 1. The Labute approximate surface area is 343 Å². The van der Waals surface area contributed by atoms with Crippen molar-refractivity contribution in [2.45, 2.75) is 54.0 Å². The number of aliphatic hydroxyl groups is 2. The molecule has 60 heavy (non-hydrogen) atoms. The third kappa shape index (κ3) is 7.94. The summed E-state index contributed by atoms with van der Waals surface area (Å²) < 4.78 is 25.2. The molecule has 4 heterocycles. The lowest BCUT2D eigenvalue weighted by Gasteiger charge is -2.24. The van der Waals surface area contributed by atoms with Gasteiger partial charge in [-0.05, 0) is 66.4 Å². The highest BCUT2D eigenvalue weighted by molar-refractivity contribution is 7.89. The van der Waals surface area contributed by atoms with Gasteiger partial charge >= 0.3 is 12.1 Å². The zero-order chi connectivity index (χ0) is 42.5. The van der Waals surface area contributed by atoms with E-state index < -0.39 is 52.3 Å². The van der Waals surface area contributed by atoms with Crippen LogP contribution in [0.15, 0.2) is 84.0 Å². The number of fused-ring (bicyclic) bond motifs is 1. The number of aromatic hydroxyl groups is 2. The summed E-state index contributed by atoms with van der Waals surface area (Å²) in [5.41, 5.74) is 2.58. The van der Waals surface area contributed by atoms with Gasteiger partial charge in [0.2, 0.25) is 16.0 Å². The molecule has 1 aliphatic carbocycles. The molecule has 5 amide bonds. The Morgan fingerprint density at radius 1 is 0.950 bits per heavy atom. The van der Waals surface area contributed by atoms with E-state index >= 15 is 0 Å². The summed E-state index contributed by atoms with van der Waals surface area (Å²) >= 11 is 0. The van der Waals surface area contributed by atoms with Gasteiger partial charge in [0.05, 0.1) is 23.3 Å². The van der Waals surface area contributed by atoms with Crippen molar-refractivity contribution in [3.8, 4) is 11.5 Å². The number of urea groups is 2. The van der Waals surface area contributed by atoms with E-state index in [9.17, 15) is 43.2 Å². The Hall–Kier alpha value is -6.55. The minimum absolute atomic E-state index is 0.0237. The maximum atomic E-state index is 13.0. The van der Waals surface area contributed by atoms with Gasteiger partial charge in [-0.15, -0.1) is 0 Å². The first-order valence-corrected chi connectivity index (χ1v) is 20.6. The average molecular weight is 842 g/mol. The van der Waals surface area contributed by atoms with Crippen molar-refractivity contribution in [2.75, 3.05) is 48.8 Å². The Balaban J connectivity index is 1.10. The molecular weight excluding hydrogens is 799 g/mol. The summed E-state index contributed by atoms with van der Waals surface area (Å²) in [5, 5.41) is 56.9. The second kappa shape index (κ2) is 15.9. The molecule has 1 saturated carbocycles. The van der Waals surface area contributed by atoms with E-state index in [1.165, 1.54) is 42.5 Å². The smallest absolute Gasteiger partial charge is 0.327 e. The van der Waals surface area contributed by atoms with Crippen molar-refractivity contribution in [3.63, 3.8) is 0 Å². The second-order valence-corrected chi connectivity index (χ2v) is 16.7. The monoisotopic (exact) mass is 841 g/mol. The first-order chi connectivity index (χ1) is 28.6. The molecule has 21 heteroatoms. The average Bonchev–Trinajstić information content (AvgIpc) is 3.98. The number of amides is 5. The van der Waals surface area contributed by atoms with E-state index in [0.29, 0.717) is 29.9 Å². The number of hydrogen-bond donors (Lipinski definition) is 8. The predicted octanol–water partition coefficient (Wildman–Crippen LogP) is 1.46. The van der Waals surface area contributed by atoms with Crippen molar-refractivity contribution >= 4 is 56.6 Å². The first kappa shape index (κ1) is 40.2. The number of benzene rings is 3. The second-order valence-electron chi connectivity index (χ2n) is 15.2. The maximum absolute atomic E-state index is 13.0. The number of nitrogens with two attached hydrogens (primary N) is 1. The summed E-state index contributed by atoms with van der Waals surface area (Å²) in [6.45, 7) is 0.836. The topological polar surface area (TPSA) is 282 Å². The first-order valence-electron chi connectivity index (χ1n) is 19.1. The molecule has 5 aromatic rings. The van der Waals surface area contributed by atoms with Crippen LogP contribution in [0.5, 0.6) is 11.5 Å². The normalized spacial score (nSPS) is 22.0. The van der Waals surface area contributed by atoms with Crippen molar-refractivity contribution in [1.29, 1.82) is 0 Å². The number of rotatable bonds is 11. The molecule has 0 bridgehead atoms. The van der Waals surface area contributed by atoms with E-state index in [4.69, 9.17) is 15.1 Å². The number of anilines is 3. The lowest BCUT2D eigenvalue weighted by Crippen LogP contribution is -2.47. The molecule has 20 nitrogen and oxygen atoms in total. The Kier molecular flexibility index (Phi) is 10.7. The number of nitrogens with one attached hydrogen (secondary N) is 3. The molecule has 3 fully saturated rings. The fraction of sp³-hybridized carbons (Fsp3) is 0.333. The SMILES string of the molecule is CN1CC(=O)N([C@H]2C[C@@H](n3cnc4c(NCC(c5ccc(O)cc5)c5ccc(O)cc5)nc(N5CC[C@@H](NC(=O)Nc6cccc(S(N)(=O)=O)c6)C5)nc43)[C@H](O)[C@@H]2O)C1=O. The Bertz CT molecular complexity index is 2510. The Morgan fingerprint density at radius 2 is 1.62 bits per heavy atom. The van der Waals surface area contributed by atoms with Crippen LogP contribution in [0.2, 0.25) is 0 Å². The summed E-state index contributed by atoms with van der Waals surface area (Å²) in [7, 11) is -2.50. The van der Waals surface area contributed by atoms with E-state index in [1.807, 2.05) is 4.90 Å². The number of aliphatic hydroxyl groups excluding tert-OH is 2. The molecule has 2 aromatic heterocycles. The quantitative estimate of drug-likeness (QED) is 0.0875.